The fourth-order valence-corrected chi connectivity index (χ4v) is 8.73. The molecule has 276 valence electrons. The maximum absolute atomic E-state index is 13.7. The molecule has 52 heavy (non-hydrogen) atoms. The van der Waals surface area contributed by atoms with Crippen molar-refractivity contribution in [3.8, 4) is 5.75 Å². The minimum atomic E-state index is -0.732. The van der Waals surface area contributed by atoms with Gasteiger partial charge in [-0.05, 0) is 96.4 Å². The normalized spacial score (nSPS) is 26.1. The van der Waals surface area contributed by atoms with Crippen molar-refractivity contribution < 1.29 is 43.6 Å². The Kier molecular flexibility index (Phi) is 11.2. The van der Waals surface area contributed by atoms with Crippen molar-refractivity contribution in [2.24, 2.45) is 35.5 Å². The molecule has 2 aromatic carbocycles. The molecule has 2 aliphatic heterocycles. The topological polar surface area (TPSA) is 141 Å². The number of nitrogens with zero attached hydrogens (tertiary/aromatic N) is 1. The highest BCUT2D eigenvalue weighted by Crippen LogP contribution is 2.50. The molecule has 4 aliphatic rings. The number of anilines is 1. The van der Waals surface area contributed by atoms with E-state index in [0.717, 1.165) is 53.6 Å². The molecular weight excluding hydrogens is 660 g/mol. The highest BCUT2D eigenvalue weighted by molar-refractivity contribution is 6.23. The number of carbonyl (C=O) groups is 6. The monoisotopic (exact) mass is 711 g/mol. The van der Waals surface area contributed by atoms with Gasteiger partial charge in [-0.1, -0.05) is 65.2 Å². The van der Waals surface area contributed by atoms with Crippen molar-refractivity contribution in [3.63, 3.8) is 0 Å². The molecule has 0 aromatic heterocycles. The summed E-state index contributed by atoms with van der Waals surface area (Å²) in [7, 11) is 0. The summed E-state index contributed by atoms with van der Waals surface area (Å²) in [6.07, 6.45) is 11.7. The Balaban J connectivity index is 1.01. The first-order valence-electron chi connectivity index (χ1n) is 18.9. The number of piperidine rings is 1. The molecule has 0 spiro atoms. The van der Waals surface area contributed by atoms with Crippen LogP contribution in [0.25, 0.3) is 6.08 Å². The Bertz CT molecular complexity index is 1750. The van der Waals surface area contributed by atoms with Crippen LogP contribution in [0.2, 0.25) is 0 Å². The average molecular weight is 712 g/mol. The van der Waals surface area contributed by atoms with E-state index in [2.05, 4.69) is 6.92 Å². The van der Waals surface area contributed by atoms with Crippen LogP contribution < -0.4 is 15.0 Å². The average Bonchev–Trinajstić information content (AvgIpc) is 3.61. The highest BCUT2D eigenvalue weighted by Gasteiger charge is 2.63. The second-order valence-electron chi connectivity index (χ2n) is 16.1. The summed E-state index contributed by atoms with van der Waals surface area (Å²) in [5.74, 6) is -2.96. The van der Waals surface area contributed by atoms with E-state index in [9.17, 15) is 28.8 Å². The highest BCUT2D eigenvalue weighted by atomic mass is 16.5. The Morgan fingerprint density at radius 2 is 1.67 bits per heavy atom. The fourth-order valence-electron chi connectivity index (χ4n) is 8.73. The molecule has 2 saturated carbocycles. The molecule has 0 bridgehead atoms. The number of primary amides is 2. The molecule has 0 radical (unpaired) electrons. The van der Waals surface area contributed by atoms with Crippen molar-refractivity contribution in [3.05, 3.63) is 65.2 Å². The van der Waals surface area contributed by atoms with Gasteiger partial charge in [-0.2, -0.15) is 0 Å². The van der Waals surface area contributed by atoms with Gasteiger partial charge in [0.2, 0.25) is 11.8 Å². The second-order valence-corrected chi connectivity index (χ2v) is 16.1. The molecule has 4 amide bonds. The van der Waals surface area contributed by atoms with E-state index in [1.807, 2.05) is 32.9 Å². The Morgan fingerprint density at radius 1 is 0.942 bits per heavy atom. The van der Waals surface area contributed by atoms with Crippen LogP contribution in [0.3, 0.4) is 0 Å². The molecule has 10 heteroatoms. The number of ether oxygens (including phenoxy) is 2. The summed E-state index contributed by atoms with van der Waals surface area (Å²) < 4.78 is 11.2. The van der Waals surface area contributed by atoms with Crippen LogP contribution in [-0.2, 0) is 45.3 Å². The summed E-state index contributed by atoms with van der Waals surface area (Å²) in [5.41, 5.74) is 2.73. The maximum atomic E-state index is 13.7. The molecular formula is C42H51N2O8+. The van der Waals surface area contributed by atoms with E-state index < -0.39 is 23.7 Å². The Morgan fingerprint density at radius 3 is 2.37 bits per heavy atom. The number of esters is 2. The van der Waals surface area contributed by atoms with Crippen LogP contribution in [0.4, 0.5) is 5.69 Å². The van der Waals surface area contributed by atoms with Crippen molar-refractivity contribution >= 4 is 47.3 Å². The number of imide groups is 2. The van der Waals surface area contributed by atoms with Crippen molar-refractivity contribution in [2.45, 2.75) is 97.3 Å². The zero-order chi connectivity index (χ0) is 37.2. The fraction of sp³-hybridized carbons (Fsp3) is 0.524. The minimum Gasteiger partial charge on any atom is -0.462 e. The van der Waals surface area contributed by atoms with Gasteiger partial charge in [0, 0.05) is 12.5 Å². The summed E-state index contributed by atoms with van der Waals surface area (Å²) >= 11 is 0. The number of nitrogens with two attached hydrogens (primary N) is 1. The third-order valence-electron chi connectivity index (χ3n) is 11.5. The Hall–Kier alpha value is -4.44. The molecule has 2 saturated heterocycles. The number of unbranched alkanes of at least 4 members (excludes halogenated alkanes) is 1. The molecule has 2 heterocycles. The van der Waals surface area contributed by atoms with Crippen LogP contribution in [0.5, 0.6) is 5.75 Å². The molecule has 2 aromatic rings. The third kappa shape index (κ3) is 8.12. The van der Waals surface area contributed by atoms with Crippen LogP contribution in [0.1, 0.15) is 102 Å². The Labute approximate surface area is 305 Å². The minimum absolute atomic E-state index is 0.0471. The van der Waals surface area contributed by atoms with Gasteiger partial charge in [-0.15, -0.1) is 0 Å². The number of hydrogen-bond acceptors (Lipinski definition) is 8. The zero-order valence-electron chi connectivity index (χ0n) is 30.7. The third-order valence-corrected chi connectivity index (χ3v) is 11.5. The van der Waals surface area contributed by atoms with Gasteiger partial charge in [-0.3, -0.25) is 19.3 Å². The predicted octanol–water partition coefficient (Wildman–Crippen LogP) is 5.45. The number of hydrogen-bond donors (Lipinski definition) is 1. The molecule has 2 aliphatic carbocycles. The first-order valence-corrected chi connectivity index (χ1v) is 18.9. The number of quaternary nitrogens is 1. The lowest BCUT2D eigenvalue weighted by Gasteiger charge is -2.27. The van der Waals surface area contributed by atoms with E-state index in [-0.39, 0.29) is 59.9 Å². The van der Waals surface area contributed by atoms with E-state index in [1.165, 1.54) is 30.2 Å². The predicted molar refractivity (Wildman–Crippen MR) is 194 cm³/mol. The summed E-state index contributed by atoms with van der Waals surface area (Å²) in [5, 5.41) is 1.09. The number of carbonyl (C=O) groups excluding carboxylic acids is 6. The van der Waals surface area contributed by atoms with Gasteiger partial charge in [0.05, 0.1) is 42.4 Å². The van der Waals surface area contributed by atoms with Crippen LogP contribution >= 0.6 is 0 Å². The number of rotatable bonds is 11. The largest absolute Gasteiger partial charge is 0.462 e. The van der Waals surface area contributed by atoms with Crippen LogP contribution in [0.15, 0.2) is 48.5 Å². The molecule has 2 N–H and O–H groups in total. The summed E-state index contributed by atoms with van der Waals surface area (Å²) in [4.78, 5) is 78.4. The van der Waals surface area contributed by atoms with E-state index >= 15 is 0 Å². The zero-order valence-corrected chi connectivity index (χ0v) is 30.7. The van der Waals surface area contributed by atoms with E-state index in [0.29, 0.717) is 24.3 Å². The maximum Gasteiger partial charge on any atom is 0.330 e. The number of benzene rings is 2. The lowest BCUT2D eigenvalue weighted by atomic mass is 9.80. The number of fused-ring (bicyclic) bond motifs is 3. The van der Waals surface area contributed by atoms with E-state index in [1.54, 1.807) is 36.4 Å². The lowest BCUT2D eigenvalue weighted by molar-refractivity contribution is -0.498. The summed E-state index contributed by atoms with van der Waals surface area (Å²) in [6, 6.07) is 12.5. The standard InChI is InChI=1S/C42H50N2O8/c1-5-6-7-25-8-13-28(14-9-25)41(50)52-31-17-10-26(11-18-31)12-19-35(46)51-21-20-27-15-16-30(24-33(27)42(2,3)4)44-39(48)32-22-29-23-34(45)43-38(47)36(29)37(32)40(44)49/h10-12,15-19,24-25,28-29,32,36-37H,5-9,13-14,20-23H2,1-4H3,(H,43,45,47)/p+1/b19-12+. The van der Waals surface area contributed by atoms with Gasteiger partial charge in [0.1, 0.15) is 5.75 Å². The number of amides is 4. The molecule has 4 fully saturated rings. The first kappa shape index (κ1) is 37.3. The lowest BCUT2D eigenvalue weighted by Crippen LogP contribution is -2.95. The SMILES string of the molecule is CCCCC1CCC(C(=O)Oc2ccc(/C=C/C(=O)OCCc3ccc(N4C(=O)C5CC6CC(=O)[NH2+]C(=O)C6C5C4=O)cc3C(C)(C)C)cc2)CC1. The second kappa shape index (κ2) is 15.7. The van der Waals surface area contributed by atoms with E-state index in [4.69, 9.17) is 9.47 Å². The van der Waals surface area contributed by atoms with Crippen molar-refractivity contribution in [2.75, 3.05) is 11.5 Å². The van der Waals surface area contributed by atoms with Gasteiger partial charge < -0.3 is 9.47 Å². The van der Waals surface area contributed by atoms with Gasteiger partial charge >= 0.3 is 23.8 Å². The molecule has 4 atom stereocenters. The van der Waals surface area contributed by atoms with Gasteiger partial charge in [0.15, 0.2) is 0 Å². The molecule has 6 rings (SSSR count). The first-order chi connectivity index (χ1) is 24.8. The summed E-state index contributed by atoms with van der Waals surface area (Å²) in [6.45, 7) is 8.46. The smallest absolute Gasteiger partial charge is 0.330 e. The van der Waals surface area contributed by atoms with Gasteiger partial charge in [0.25, 0.3) is 0 Å². The van der Waals surface area contributed by atoms with Crippen molar-refractivity contribution in [1.82, 2.24) is 0 Å². The van der Waals surface area contributed by atoms with Gasteiger partial charge in [-0.25, -0.2) is 19.7 Å². The van der Waals surface area contributed by atoms with Crippen LogP contribution in [-0.4, -0.2) is 42.2 Å². The van der Waals surface area contributed by atoms with Crippen molar-refractivity contribution in [1.29, 1.82) is 0 Å². The van der Waals surface area contributed by atoms with Crippen LogP contribution in [0, 0.1) is 35.5 Å². The quantitative estimate of drug-likeness (QED) is 0.141. The molecule has 4 unspecified atom stereocenters. The molecule has 10 nitrogen and oxygen atoms in total.